The van der Waals surface area contributed by atoms with Gasteiger partial charge in [0.2, 0.25) is 0 Å². The van der Waals surface area contributed by atoms with E-state index < -0.39 is 0 Å². The van der Waals surface area contributed by atoms with E-state index in [4.69, 9.17) is 13.9 Å². The molecular weight excluding hydrogens is 256 g/mol. The van der Waals surface area contributed by atoms with Gasteiger partial charge in [-0.3, -0.25) is 4.79 Å². The maximum atomic E-state index is 12.4. The van der Waals surface area contributed by atoms with Gasteiger partial charge in [-0.2, -0.15) is 0 Å². The highest BCUT2D eigenvalue weighted by Crippen LogP contribution is 2.49. The van der Waals surface area contributed by atoms with Crippen molar-refractivity contribution in [1.82, 2.24) is 0 Å². The van der Waals surface area contributed by atoms with E-state index in [1.54, 1.807) is 38.7 Å². The lowest BCUT2D eigenvalue weighted by molar-refractivity contribution is 0.0963. The van der Waals surface area contributed by atoms with Crippen LogP contribution in [0.4, 0.5) is 0 Å². The van der Waals surface area contributed by atoms with Crippen LogP contribution >= 0.6 is 0 Å². The topological polar surface area (TPSA) is 48.7 Å². The predicted molar refractivity (Wildman–Crippen MR) is 73.4 cm³/mol. The highest BCUT2D eigenvalue weighted by molar-refractivity contribution is 6.00. The number of ether oxygens (including phenoxy) is 2. The maximum Gasteiger partial charge on any atom is 0.166 e. The van der Waals surface area contributed by atoms with Crippen molar-refractivity contribution in [1.29, 1.82) is 0 Å². The summed E-state index contributed by atoms with van der Waals surface area (Å²) in [5, 5.41) is 0. The predicted octanol–water partition coefficient (Wildman–Crippen LogP) is 3.28. The molecule has 2 unspecified atom stereocenters. The van der Waals surface area contributed by atoms with Crippen molar-refractivity contribution >= 4 is 5.78 Å². The van der Waals surface area contributed by atoms with E-state index in [9.17, 15) is 4.79 Å². The first kappa shape index (κ1) is 12.8. The highest BCUT2D eigenvalue weighted by atomic mass is 16.5. The Labute approximate surface area is 117 Å². The number of benzene rings is 1. The van der Waals surface area contributed by atoms with Crippen LogP contribution in [0.1, 0.15) is 28.5 Å². The summed E-state index contributed by atoms with van der Waals surface area (Å²) >= 11 is 0. The van der Waals surface area contributed by atoms with E-state index >= 15 is 0 Å². The maximum absolute atomic E-state index is 12.4. The summed E-state index contributed by atoms with van der Waals surface area (Å²) in [5.74, 6) is 2.46. The molecule has 0 saturated heterocycles. The van der Waals surface area contributed by atoms with Crippen LogP contribution in [0.3, 0.4) is 0 Å². The highest BCUT2D eigenvalue weighted by Gasteiger charge is 2.45. The fraction of sp³-hybridized carbons (Fsp3) is 0.312. The SMILES string of the molecule is COc1ccc(C(=O)C2CC2c2ccco2)cc1OC. The van der Waals surface area contributed by atoms with Crippen molar-refractivity contribution < 1.29 is 18.7 Å². The summed E-state index contributed by atoms with van der Waals surface area (Å²) in [6.45, 7) is 0. The van der Waals surface area contributed by atoms with Crippen molar-refractivity contribution in [3.05, 3.63) is 47.9 Å². The number of Topliss-reactive ketones (excluding diaryl/α,β-unsaturated/α-hetero) is 1. The molecule has 0 N–H and O–H groups in total. The Morgan fingerprint density at radius 3 is 2.65 bits per heavy atom. The van der Waals surface area contributed by atoms with E-state index in [-0.39, 0.29) is 17.6 Å². The first-order valence-electron chi connectivity index (χ1n) is 6.54. The minimum Gasteiger partial charge on any atom is -0.493 e. The Morgan fingerprint density at radius 2 is 2.00 bits per heavy atom. The summed E-state index contributed by atoms with van der Waals surface area (Å²) in [4.78, 5) is 12.4. The second kappa shape index (κ2) is 5.04. The summed E-state index contributed by atoms with van der Waals surface area (Å²) < 4.78 is 15.8. The zero-order valence-electron chi connectivity index (χ0n) is 11.5. The molecule has 1 fully saturated rings. The quantitative estimate of drug-likeness (QED) is 0.784. The van der Waals surface area contributed by atoms with Crippen LogP contribution in [0.15, 0.2) is 41.0 Å². The molecule has 4 heteroatoms. The number of ketones is 1. The van der Waals surface area contributed by atoms with Gasteiger partial charge in [-0.05, 0) is 36.8 Å². The van der Waals surface area contributed by atoms with E-state index in [2.05, 4.69) is 0 Å². The molecule has 1 aromatic heterocycles. The standard InChI is InChI=1S/C16H16O4/c1-18-14-6-5-10(8-15(14)19-2)16(17)12-9-11(12)13-4-3-7-20-13/h3-8,11-12H,9H2,1-2H3. The molecule has 3 rings (SSSR count). The molecule has 1 saturated carbocycles. The number of hydrogen-bond donors (Lipinski definition) is 0. The monoisotopic (exact) mass is 272 g/mol. The number of methoxy groups -OCH3 is 2. The van der Waals surface area contributed by atoms with Crippen molar-refractivity contribution in [2.24, 2.45) is 5.92 Å². The first-order chi connectivity index (χ1) is 9.74. The zero-order valence-corrected chi connectivity index (χ0v) is 11.5. The molecule has 4 nitrogen and oxygen atoms in total. The third-order valence-corrected chi connectivity index (χ3v) is 3.70. The van der Waals surface area contributed by atoms with Gasteiger partial charge in [0.25, 0.3) is 0 Å². The lowest BCUT2D eigenvalue weighted by Crippen LogP contribution is -2.04. The average Bonchev–Trinajstić information content (AvgIpc) is 3.10. The van der Waals surface area contributed by atoms with Gasteiger partial charge in [-0.25, -0.2) is 0 Å². The molecule has 0 radical (unpaired) electrons. The van der Waals surface area contributed by atoms with E-state index in [0.717, 1.165) is 12.2 Å². The molecule has 1 aliphatic carbocycles. The van der Waals surface area contributed by atoms with E-state index in [1.807, 2.05) is 12.1 Å². The molecule has 0 amide bonds. The average molecular weight is 272 g/mol. The molecule has 1 heterocycles. The normalized spacial score (nSPS) is 20.5. The Bertz CT molecular complexity index is 615. The van der Waals surface area contributed by atoms with Gasteiger partial charge in [0.1, 0.15) is 5.76 Å². The van der Waals surface area contributed by atoms with Gasteiger partial charge in [0, 0.05) is 17.4 Å². The Hall–Kier alpha value is -2.23. The first-order valence-corrected chi connectivity index (χ1v) is 6.54. The van der Waals surface area contributed by atoms with E-state index in [1.165, 1.54) is 0 Å². The zero-order chi connectivity index (χ0) is 14.1. The van der Waals surface area contributed by atoms with Crippen molar-refractivity contribution in [3.63, 3.8) is 0 Å². The van der Waals surface area contributed by atoms with Gasteiger partial charge >= 0.3 is 0 Å². The minimum absolute atomic E-state index is 0.0132. The van der Waals surface area contributed by atoms with Crippen LogP contribution in [-0.2, 0) is 0 Å². The van der Waals surface area contributed by atoms with Crippen LogP contribution in [0, 0.1) is 5.92 Å². The summed E-state index contributed by atoms with van der Waals surface area (Å²) in [5.41, 5.74) is 0.654. The lowest BCUT2D eigenvalue weighted by atomic mass is 10.0. The van der Waals surface area contributed by atoms with Gasteiger partial charge in [-0.1, -0.05) is 0 Å². The smallest absolute Gasteiger partial charge is 0.166 e. The third kappa shape index (κ3) is 2.18. The summed E-state index contributed by atoms with van der Waals surface area (Å²) in [6.07, 6.45) is 2.49. The molecule has 104 valence electrons. The van der Waals surface area contributed by atoms with Gasteiger partial charge in [0.15, 0.2) is 17.3 Å². The van der Waals surface area contributed by atoms with Crippen molar-refractivity contribution in [3.8, 4) is 11.5 Å². The fourth-order valence-corrected chi connectivity index (χ4v) is 2.51. The molecule has 2 aromatic rings. The largest absolute Gasteiger partial charge is 0.493 e. The van der Waals surface area contributed by atoms with Crippen LogP contribution in [0.25, 0.3) is 0 Å². The second-order valence-corrected chi connectivity index (χ2v) is 4.90. The van der Waals surface area contributed by atoms with E-state index in [0.29, 0.717) is 17.1 Å². The van der Waals surface area contributed by atoms with Gasteiger partial charge in [-0.15, -0.1) is 0 Å². The van der Waals surface area contributed by atoms with Crippen LogP contribution in [0.5, 0.6) is 11.5 Å². The Kier molecular flexibility index (Phi) is 3.22. The minimum atomic E-state index is 0.0132. The molecule has 20 heavy (non-hydrogen) atoms. The molecule has 2 atom stereocenters. The van der Waals surface area contributed by atoms with Crippen molar-refractivity contribution in [2.75, 3.05) is 14.2 Å². The van der Waals surface area contributed by atoms with Crippen molar-refractivity contribution in [2.45, 2.75) is 12.3 Å². The van der Waals surface area contributed by atoms with Crippen LogP contribution in [-0.4, -0.2) is 20.0 Å². The number of hydrogen-bond acceptors (Lipinski definition) is 4. The molecule has 0 aliphatic heterocycles. The number of rotatable bonds is 5. The molecule has 1 aliphatic rings. The van der Waals surface area contributed by atoms with Gasteiger partial charge < -0.3 is 13.9 Å². The van der Waals surface area contributed by atoms with Crippen LogP contribution in [0.2, 0.25) is 0 Å². The Balaban J connectivity index is 1.79. The van der Waals surface area contributed by atoms with Gasteiger partial charge in [0.05, 0.1) is 20.5 Å². The third-order valence-electron chi connectivity index (χ3n) is 3.70. The number of carbonyl (C=O) groups excluding carboxylic acids is 1. The Morgan fingerprint density at radius 1 is 1.20 bits per heavy atom. The van der Waals surface area contributed by atoms with Crippen LogP contribution < -0.4 is 9.47 Å². The fourth-order valence-electron chi connectivity index (χ4n) is 2.51. The molecule has 0 spiro atoms. The number of carbonyl (C=O) groups is 1. The lowest BCUT2D eigenvalue weighted by Gasteiger charge is -2.08. The summed E-state index contributed by atoms with van der Waals surface area (Å²) in [6, 6.07) is 9.05. The molecule has 0 bridgehead atoms. The summed E-state index contributed by atoms with van der Waals surface area (Å²) in [7, 11) is 3.14. The number of furan rings is 1. The molecule has 1 aromatic carbocycles. The second-order valence-electron chi connectivity index (χ2n) is 4.90. The molecular formula is C16H16O4.